The van der Waals surface area contributed by atoms with Gasteiger partial charge in [0.1, 0.15) is 6.54 Å². The number of piperidine rings is 1. The van der Waals surface area contributed by atoms with Crippen molar-refractivity contribution in [2.24, 2.45) is 0 Å². The molecule has 1 heterocycles. The van der Waals surface area contributed by atoms with Crippen LogP contribution in [0.1, 0.15) is 39.0 Å². The molecule has 0 spiro atoms. The lowest BCUT2D eigenvalue weighted by atomic mass is 10.00. The van der Waals surface area contributed by atoms with Gasteiger partial charge >= 0.3 is 0 Å². The Morgan fingerprint density at radius 2 is 2.15 bits per heavy atom. The molecule has 1 atom stereocenters. The van der Waals surface area contributed by atoms with E-state index in [0.29, 0.717) is 18.3 Å². The van der Waals surface area contributed by atoms with E-state index in [1.807, 2.05) is 6.07 Å². The zero-order valence-electron chi connectivity index (χ0n) is 16.2. The normalized spacial score (nSPS) is 18.3. The van der Waals surface area contributed by atoms with Gasteiger partial charge in [-0.25, -0.2) is 8.42 Å². The number of rotatable bonds is 9. The van der Waals surface area contributed by atoms with E-state index in [2.05, 4.69) is 33.1 Å². The van der Waals surface area contributed by atoms with Crippen molar-refractivity contribution >= 4 is 37.5 Å². The molecule has 1 fully saturated rings. The van der Waals surface area contributed by atoms with Crippen LogP contribution in [0.4, 0.5) is 5.69 Å². The smallest absolute Gasteiger partial charge is 0.240 e. The quantitative estimate of drug-likeness (QED) is 0.576. The highest BCUT2D eigenvalue weighted by Crippen LogP contribution is 2.22. The third-order valence-electron chi connectivity index (χ3n) is 4.95. The second kappa shape index (κ2) is 10.4. The highest BCUT2D eigenvalue weighted by atomic mass is 79.9. The lowest BCUT2D eigenvalue weighted by Gasteiger charge is -2.35. The Hall–Kier alpha value is -1.12. The van der Waals surface area contributed by atoms with E-state index in [1.54, 1.807) is 18.2 Å². The van der Waals surface area contributed by atoms with Crippen LogP contribution in [0.5, 0.6) is 0 Å². The molecule has 0 bridgehead atoms. The van der Waals surface area contributed by atoms with Crippen molar-refractivity contribution in [1.82, 2.24) is 10.2 Å². The van der Waals surface area contributed by atoms with Gasteiger partial charge in [0.2, 0.25) is 15.9 Å². The van der Waals surface area contributed by atoms with Gasteiger partial charge in [-0.15, -0.1) is 0 Å². The number of halogens is 1. The second-order valence-corrected chi connectivity index (χ2v) is 9.87. The standard InChI is InChI=1S/C19H30BrN3O3S/c1-3-17-9-4-5-12-22(17)13-7-11-21-19(24)15-23(27(2,25)26)18-10-6-8-16(20)14-18/h6,8,10,14,17H,3-5,7,9,11-13,15H2,1-2H3,(H,21,24). The molecule has 0 radical (unpaired) electrons. The molecular formula is C19H30BrN3O3S. The lowest BCUT2D eigenvalue weighted by Crippen LogP contribution is -2.42. The number of sulfonamides is 1. The van der Waals surface area contributed by atoms with E-state index in [1.165, 1.54) is 25.7 Å². The number of benzene rings is 1. The number of hydrogen-bond donors (Lipinski definition) is 1. The third-order valence-corrected chi connectivity index (χ3v) is 6.58. The van der Waals surface area contributed by atoms with Crippen LogP contribution in [-0.4, -0.2) is 57.7 Å². The van der Waals surface area contributed by atoms with Crippen molar-refractivity contribution in [2.45, 2.75) is 45.1 Å². The number of nitrogens with zero attached hydrogens (tertiary/aromatic N) is 2. The molecule has 152 valence electrons. The van der Waals surface area contributed by atoms with Crippen molar-refractivity contribution in [1.29, 1.82) is 0 Å². The summed E-state index contributed by atoms with van der Waals surface area (Å²) in [5, 5.41) is 2.86. The Bertz CT molecular complexity index is 727. The average molecular weight is 460 g/mol. The van der Waals surface area contributed by atoms with Crippen LogP contribution in [0.3, 0.4) is 0 Å². The SMILES string of the molecule is CCC1CCCCN1CCCNC(=O)CN(c1cccc(Br)c1)S(C)(=O)=O. The fraction of sp³-hybridized carbons (Fsp3) is 0.632. The molecule has 27 heavy (non-hydrogen) atoms. The summed E-state index contributed by atoms with van der Waals surface area (Å²) in [6.45, 7) is 4.68. The topological polar surface area (TPSA) is 69.7 Å². The molecule has 1 saturated heterocycles. The number of likely N-dealkylation sites (tertiary alicyclic amines) is 1. The Morgan fingerprint density at radius 1 is 1.37 bits per heavy atom. The Labute approximate surface area is 171 Å². The van der Waals surface area contributed by atoms with Crippen molar-refractivity contribution in [3.05, 3.63) is 28.7 Å². The van der Waals surface area contributed by atoms with E-state index in [9.17, 15) is 13.2 Å². The molecule has 2 rings (SSSR count). The van der Waals surface area contributed by atoms with Crippen LogP contribution in [0.2, 0.25) is 0 Å². The molecule has 1 aliphatic rings. The Kier molecular flexibility index (Phi) is 8.57. The first-order valence-corrected chi connectivity index (χ1v) is 12.2. The van der Waals surface area contributed by atoms with Gasteiger partial charge in [-0.05, 0) is 50.4 Å². The Morgan fingerprint density at radius 3 is 2.81 bits per heavy atom. The van der Waals surface area contributed by atoms with Gasteiger partial charge in [0, 0.05) is 23.6 Å². The maximum atomic E-state index is 12.3. The first kappa shape index (κ1) is 22.2. The predicted octanol–water partition coefficient (Wildman–Crippen LogP) is 2.99. The zero-order valence-corrected chi connectivity index (χ0v) is 18.6. The molecule has 1 aliphatic heterocycles. The first-order valence-electron chi connectivity index (χ1n) is 9.55. The Balaban J connectivity index is 1.84. The summed E-state index contributed by atoms with van der Waals surface area (Å²) in [4.78, 5) is 14.8. The summed E-state index contributed by atoms with van der Waals surface area (Å²) in [6.07, 6.45) is 6.98. The first-order chi connectivity index (χ1) is 12.8. The molecule has 1 amide bonds. The third kappa shape index (κ3) is 7.08. The van der Waals surface area contributed by atoms with Crippen LogP contribution < -0.4 is 9.62 Å². The minimum atomic E-state index is -3.54. The molecule has 1 unspecified atom stereocenters. The van der Waals surface area contributed by atoms with E-state index in [0.717, 1.165) is 34.5 Å². The van der Waals surface area contributed by atoms with Gasteiger partial charge in [0.05, 0.1) is 11.9 Å². The maximum absolute atomic E-state index is 12.3. The van der Waals surface area contributed by atoms with Crippen molar-refractivity contribution in [3.63, 3.8) is 0 Å². The lowest BCUT2D eigenvalue weighted by molar-refractivity contribution is -0.119. The number of carbonyl (C=O) groups excluding carboxylic acids is 1. The van der Waals surface area contributed by atoms with E-state index >= 15 is 0 Å². The molecule has 6 nitrogen and oxygen atoms in total. The highest BCUT2D eigenvalue weighted by molar-refractivity contribution is 9.10. The minimum absolute atomic E-state index is 0.212. The van der Waals surface area contributed by atoms with Gasteiger partial charge in [0.25, 0.3) is 0 Å². The van der Waals surface area contributed by atoms with Crippen LogP contribution in [0.25, 0.3) is 0 Å². The van der Waals surface area contributed by atoms with Crippen LogP contribution in [-0.2, 0) is 14.8 Å². The molecule has 1 aromatic carbocycles. The van der Waals surface area contributed by atoms with Crippen LogP contribution >= 0.6 is 15.9 Å². The molecule has 0 aromatic heterocycles. The largest absolute Gasteiger partial charge is 0.354 e. The highest BCUT2D eigenvalue weighted by Gasteiger charge is 2.22. The number of anilines is 1. The van der Waals surface area contributed by atoms with Gasteiger partial charge in [-0.2, -0.15) is 0 Å². The van der Waals surface area contributed by atoms with Gasteiger partial charge in [-0.1, -0.05) is 35.3 Å². The summed E-state index contributed by atoms with van der Waals surface area (Å²) in [5.41, 5.74) is 0.473. The number of nitrogens with one attached hydrogen (secondary N) is 1. The minimum Gasteiger partial charge on any atom is -0.354 e. The van der Waals surface area contributed by atoms with Crippen molar-refractivity contribution in [2.75, 3.05) is 36.7 Å². The number of carbonyl (C=O) groups is 1. The summed E-state index contributed by atoms with van der Waals surface area (Å²) < 4.78 is 26.1. The number of hydrogen-bond acceptors (Lipinski definition) is 4. The van der Waals surface area contributed by atoms with Crippen LogP contribution in [0.15, 0.2) is 28.7 Å². The fourth-order valence-corrected chi connectivity index (χ4v) is 4.78. The molecule has 1 N–H and O–H groups in total. The summed E-state index contributed by atoms with van der Waals surface area (Å²) in [7, 11) is -3.54. The molecule has 1 aromatic rings. The van der Waals surface area contributed by atoms with Gasteiger partial charge < -0.3 is 10.2 Å². The summed E-state index contributed by atoms with van der Waals surface area (Å²) in [5.74, 6) is -0.286. The summed E-state index contributed by atoms with van der Waals surface area (Å²) in [6, 6.07) is 7.59. The van der Waals surface area contributed by atoms with Crippen molar-refractivity contribution < 1.29 is 13.2 Å². The molecule has 0 aliphatic carbocycles. The molecular weight excluding hydrogens is 430 g/mol. The van der Waals surface area contributed by atoms with E-state index in [-0.39, 0.29) is 12.5 Å². The number of amides is 1. The maximum Gasteiger partial charge on any atom is 0.240 e. The van der Waals surface area contributed by atoms with Gasteiger partial charge in [0.15, 0.2) is 0 Å². The van der Waals surface area contributed by atoms with Crippen LogP contribution in [0, 0.1) is 0 Å². The van der Waals surface area contributed by atoms with E-state index in [4.69, 9.17) is 0 Å². The van der Waals surface area contributed by atoms with Gasteiger partial charge in [-0.3, -0.25) is 9.10 Å². The second-order valence-electron chi connectivity index (χ2n) is 7.05. The monoisotopic (exact) mass is 459 g/mol. The fourth-order valence-electron chi connectivity index (χ4n) is 3.54. The van der Waals surface area contributed by atoms with Crippen molar-refractivity contribution in [3.8, 4) is 0 Å². The van der Waals surface area contributed by atoms with E-state index < -0.39 is 10.0 Å². The molecule has 0 saturated carbocycles. The average Bonchev–Trinajstić information content (AvgIpc) is 2.62. The predicted molar refractivity (Wildman–Crippen MR) is 113 cm³/mol. The summed E-state index contributed by atoms with van der Waals surface area (Å²) >= 11 is 3.34. The zero-order chi connectivity index (χ0) is 19.9. The molecule has 8 heteroatoms.